The van der Waals surface area contributed by atoms with Crippen molar-refractivity contribution in [3.63, 3.8) is 0 Å². The first kappa shape index (κ1) is 13.1. The SMILES string of the molecule is Cc1cc(C)c(-c2cc(C(=O)O)c(O)cn2)cc1C. The zero-order chi connectivity index (χ0) is 14.2. The first-order valence-corrected chi connectivity index (χ1v) is 5.90. The van der Waals surface area contributed by atoms with Crippen LogP contribution in [0.4, 0.5) is 0 Å². The van der Waals surface area contributed by atoms with E-state index in [-0.39, 0.29) is 11.3 Å². The van der Waals surface area contributed by atoms with E-state index in [1.807, 2.05) is 32.9 Å². The van der Waals surface area contributed by atoms with Gasteiger partial charge in [0.1, 0.15) is 11.3 Å². The monoisotopic (exact) mass is 257 g/mol. The van der Waals surface area contributed by atoms with Crippen LogP contribution in [0, 0.1) is 20.8 Å². The lowest BCUT2D eigenvalue weighted by Crippen LogP contribution is -1.99. The van der Waals surface area contributed by atoms with E-state index in [0.29, 0.717) is 5.69 Å². The maximum absolute atomic E-state index is 11.0. The highest BCUT2D eigenvalue weighted by molar-refractivity contribution is 5.92. The van der Waals surface area contributed by atoms with E-state index < -0.39 is 5.97 Å². The molecule has 0 aliphatic carbocycles. The van der Waals surface area contributed by atoms with Gasteiger partial charge in [-0.15, -0.1) is 0 Å². The third-order valence-corrected chi connectivity index (χ3v) is 3.23. The third-order valence-electron chi connectivity index (χ3n) is 3.23. The molecule has 0 saturated carbocycles. The average molecular weight is 257 g/mol. The van der Waals surface area contributed by atoms with Gasteiger partial charge in [-0.2, -0.15) is 0 Å². The standard InChI is InChI=1S/C15H15NO3/c1-8-4-10(3)11(5-9(8)2)13-6-12(15(18)19)14(17)7-16-13/h4-7,17H,1-3H3,(H,18,19). The summed E-state index contributed by atoms with van der Waals surface area (Å²) in [6.07, 6.45) is 1.17. The van der Waals surface area contributed by atoms with Crippen LogP contribution in [-0.4, -0.2) is 21.2 Å². The van der Waals surface area contributed by atoms with Gasteiger partial charge < -0.3 is 10.2 Å². The van der Waals surface area contributed by atoms with Crippen molar-refractivity contribution in [3.8, 4) is 17.0 Å². The van der Waals surface area contributed by atoms with Crippen LogP contribution in [0.2, 0.25) is 0 Å². The van der Waals surface area contributed by atoms with Crippen molar-refractivity contribution in [2.24, 2.45) is 0 Å². The Morgan fingerprint density at radius 2 is 1.68 bits per heavy atom. The second kappa shape index (κ2) is 4.72. The summed E-state index contributed by atoms with van der Waals surface area (Å²) in [5.74, 6) is -1.49. The third kappa shape index (κ3) is 2.42. The molecule has 0 aliphatic rings. The van der Waals surface area contributed by atoms with E-state index in [4.69, 9.17) is 5.11 Å². The van der Waals surface area contributed by atoms with Crippen LogP contribution in [0.1, 0.15) is 27.0 Å². The molecule has 0 fully saturated rings. The van der Waals surface area contributed by atoms with E-state index >= 15 is 0 Å². The van der Waals surface area contributed by atoms with Crippen LogP contribution in [0.25, 0.3) is 11.3 Å². The second-order valence-corrected chi connectivity index (χ2v) is 4.64. The highest BCUT2D eigenvalue weighted by Crippen LogP contribution is 2.28. The number of carboxylic acid groups (broad SMARTS) is 1. The lowest BCUT2D eigenvalue weighted by Gasteiger charge is -2.10. The molecule has 2 rings (SSSR count). The molecule has 0 spiro atoms. The van der Waals surface area contributed by atoms with Crippen LogP contribution in [-0.2, 0) is 0 Å². The van der Waals surface area contributed by atoms with Crippen molar-refractivity contribution in [2.75, 3.05) is 0 Å². The largest absolute Gasteiger partial charge is 0.505 e. The van der Waals surface area contributed by atoms with Crippen molar-refractivity contribution in [3.05, 3.63) is 46.6 Å². The van der Waals surface area contributed by atoms with Gasteiger partial charge in [-0.05, 0) is 49.6 Å². The number of aryl methyl sites for hydroxylation is 3. The number of carboxylic acids is 1. The molecule has 2 aromatic rings. The van der Waals surface area contributed by atoms with Gasteiger partial charge in [-0.1, -0.05) is 6.07 Å². The van der Waals surface area contributed by atoms with Crippen LogP contribution >= 0.6 is 0 Å². The van der Waals surface area contributed by atoms with Gasteiger partial charge in [-0.3, -0.25) is 4.98 Å². The van der Waals surface area contributed by atoms with Gasteiger partial charge in [0.05, 0.1) is 11.9 Å². The second-order valence-electron chi connectivity index (χ2n) is 4.64. The molecule has 1 aromatic heterocycles. The lowest BCUT2D eigenvalue weighted by atomic mass is 9.98. The Morgan fingerprint density at radius 1 is 1.05 bits per heavy atom. The summed E-state index contributed by atoms with van der Waals surface area (Å²) in [7, 11) is 0. The molecule has 0 bridgehead atoms. The minimum atomic E-state index is -1.16. The normalized spacial score (nSPS) is 10.5. The van der Waals surface area contributed by atoms with Gasteiger partial charge in [0.25, 0.3) is 0 Å². The molecule has 0 unspecified atom stereocenters. The molecule has 2 N–H and O–H groups in total. The number of rotatable bonds is 2. The Hall–Kier alpha value is -2.36. The number of carbonyl (C=O) groups is 1. The summed E-state index contributed by atoms with van der Waals surface area (Å²) in [5, 5.41) is 18.5. The fourth-order valence-electron chi connectivity index (χ4n) is 2.00. The zero-order valence-electron chi connectivity index (χ0n) is 11.1. The number of pyridine rings is 1. The zero-order valence-corrected chi connectivity index (χ0v) is 11.1. The molecule has 1 aromatic carbocycles. The van der Waals surface area contributed by atoms with Crippen molar-refractivity contribution < 1.29 is 15.0 Å². The summed E-state index contributed by atoms with van der Waals surface area (Å²) in [4.78, 5) is 15.1. The number of nitrogens with zero attached hydrogens (tertiary/aromatic N) is 1. The molecule has 0 atom stereocenters. The van der Waals surface area contributed by atoms with Gasteiger partial charge in [0.2, 0.25) is 0 Å². The number of aromatic carboxylic acids is 1. The van der Waals surface area contributed by atoms with E-state index in [1.165, 1.54) is 17.8 Å². The summed E-state index contributed by atoms with van der Waals surface area (Å²) in [5.41, 5.74) is 4.62. The number of hydrogen-bond donors (Lipinski definition) is 2. The average Bonchev–Trinajstić information content (AvgIpc) is 2.34. The number of hydrogen-bond acceptors (Lipinski definition) is 3. The maximum atomic E-state index is 11.0. The smallest absolute Gasteiger partial charge is 0.339 e. The van der Waals surface area contributed by atoms with E-state index in [9.17, 15) is 9.90 Å². The summed E-state index contributed by atoms with van der Waals surface area (Å²) in [6.45, 7) is 5.98. The molecule has 4 nitrogen and oxygen atoms in total. The summed E-state index contributed by atoms with van der Waals surface area (Å²) in [6, 6.07) is 5.42. The van der Waals surface area contributed by atoms with Crippen LogP contribution in [0.15, 0.2) is 24.4 Å². The van der Waals surface area contributed by atoms with Crippen LogP contribution in [0.3, 0.4) is 0 Å². The van der Waals surface area contributed by atoms with Crippen molar-refractivity contribution >= 4 is 5.97 Å². The van der Waals surface area contributed by atoms with Crippen LogP contribution < -0.4 is 0 Å². The Balaban J connectivity index is 2.63. The molecular weight excluding hydrogens is 242 g/mol. The number of aromatic nitrogens is 1. The topological polar surface area (TPSA) is 70.4 Å². The Labute approximate surface area is 111 Å². The molecule has 0 saturated heterocycles. The molecule has 0 amide bonds. The van der Waals surface area contributed by atoms with Crippen molar-refractivity contribution in [2.45, 2.75) is 20.8 Å². The Bertz CT molecular complexity index is 663. The highest BCUT2D eigenvalue weighted by atomic mass is 16.4. The minimum Gasteiger partial charge on any atom is -0.505 e. The predicted molar refractivity (Wildman–Crippen MR) is 72.5 cm³/mol. The van der Waals surface area contributed by atoms with Crippen molar-refractivity contribution in [1.82, 2.24) is 4.98 Å². The van der Waals surface area contributed by atoms with Gasteiger partial charge in [0.15, 0.2) is 0 Å². The lowest BCUT2D eigenvalue weighted by molar-refractivity contribution is 0.0693. The van der Waals surface area contributed by atoms with Gasteiger partial charge in [0, 0.05) is 5.56 Å². The van der Waals surface area contributed by atoms with E-state index in [0.717, 1.165) is 16.7 Å². The van der Waals surface area contributed by atoms with Gasteiger partial charge >= 0.3 is 5.97 Å². The fourth-order valence-corrected chi connectivity index (χ4v) is 2.00. The molecule has 4 heteroatoms. The fraction of sp³-hybridized carbons (Fsp3) is 0.200. The molecule has 0 radical (unpaired) electrons. The number of aromatic hydroxyl groups is 1. The molecule has 0 aliphatic heterocycles. The Morgan fingerprint density at radius 3 is 2.32 bits per heavy atom. The van der Waals surface area contributed by atoms with Crippen molar-refractivity contribution in [1.29, 1.82) is 0 Å². The summed E-state index contributed by atoms with van der Waals surface area (Å²) >= 11 is 0. The first-order valence-electron chi connectivity index (χ1n) is 5.90. The van der Waals surface area contributed by atoms with E-state index in [1.54, 1.807) is 0 Å². The number of benzene rings is 1. The molecule has 1 heterocycles. The first-order chi connectivity index (χ1) is 8.90. The van der Waals surface area contributed by atoms with E-state index in [2.05, 4.69) is 4.98 Å². The minimum absolute atomic E-state index is 0.136. The predicted octanol–water partition coefficient (Wildman–Crippen LogP) is 3.08. The molecule has 98 valence electrons. The maximum Gasteiger partial charge on any atom is 0.339 e. The highest BCUT2D eigenvalue weighted by Gasteiger charge is 2.13. The molecule has 19 heavy (non-hydrogen) atoms. The quantitative estimate of drug-likeness (QED) is 0.867. The molecular formula is C15H15NO3. The van der Waals surface area contributed by atoms with Gasteiger partial charge in [-0.25, -0.2) is 4.79 Å². The van der Waals surface area contributed by atoms with Crippen LogP contribution in [0.5, 0.6) is 5.75 Å². The summed E-state index contributed by atoms with van der Waals surface area (Å²) < 4.78 is 0. The Kier molecular flexibility index (Phi) is 3.25.